The lowest BCUT2D eigenvalue weighted by atomic mass is 10.2. The molecule has 4 rings (SSSR count). The first kappa shape index (κ1) is 10.5. The Balaban J connectivity index is 2.22. The van der Waals surface area contributed by atoms with E-state index in [1.54, 1.807) is 0 Å². The number of nitrogens with one attached hydrogen (secondary N) is 1. The molecule has 0 radical (unpaired) electrons. The minimum atomic E-state index is 0.525. The van der Waals surface area contributed by atoms with Gasteiger partial charge in [0.2, 0.25) is 0 Å². The van der Waals surface area contributed by atoms with Gasteiger partial charge in [0, 0.05) is 10.8 Å². The number of nitrogens with two attached hydrogens (primary N) is 1. The molecular formula is C12H8N6S. The van der Waals surface area contributed by atoms with E-state index in [0.29, 0.717) is 5.82 Å². The van der Waals surface area contributed by atoms with E-state index in [2.05, 4.69) is 31.9 Å². The molecule has 92 valence electrons. The number of para-hydroxylation sites is 1. The summed E-state index contributed by atoms with van der Waals surface area (Å²) in [5.41, 5.74) is 4.28. The summed E-state index contributed by atoms with van der Waals surface area (Å²) in [7, 11) is 0. The highest BCUT2D eigenvalue weighted by atomic mass is 32.1. The molecule has 0 bridgehead atoms. The van der Waals surface area contributed by atoms with Crippen molar-refractivity contribution < 1.29 is 0 Å². The van der Waals surface area contributed by atoms with E-state index in [1.807, 2.05) is 24.3 Å². The third-order valence-electron chi connectivity index (χ3n) is 3.00. The molecule has 19 heavy (non-hydrogen) atoms. The van der Waals surface area contributed by atoms with Gasteiger partial charge in [-0.05, 0) is 17.3 Å². The summed E-state index contributed by atoms with van der Waals surface area (Å²) in [4.78, 5) is 5.55. The molecule has 3 aromatic heterocycles. The van der Waals surface area contributed by atoms with Crippen LogP contribution in [0.2, 0.25) is 0 Å². The molecule has 3 N–H and O–H groups in total. The van der Waals surface area contributed by atoms with Crippen molar-refractivity contribution >= 4 is 48.5 Å². The molecule has 7 heteroatoms. The zero-order chi connectivity index (χ0) is 12.8. The Bertz CT molecular complexity index is 916. The van der Waals surface area contributed by atoms with E-state index < -0.39 is 0 Å². The van der Waals surface area contributed by atoms with Crippen molar-refractivity contribution in [1.29, 1.82) is 0 Å². The molecule has 0 amide bonds. The number of anilines is 1. The highest BCUT2D eigenvalue weighted by Gasteiger charge is 2.13. The second-order valence-electron chi connectivity index (χ2n) is 4.10. The third kappa shape index (κ3) is 1.46. The van der Waals surface area contributed by atoms with Gasteiger partial charge >= 0.3 is 0 Å². The monoisotopic (exact) mass is 268 g/mol. The second kappa shape index (κ2) is 3.81. The van der Waals surface area contributed by atoms with Gasteiger partial charge in [-0.2, -0.15) is 0 Å². The maximum absolute atomic E-state index is 5.44. The molecule has 0 saturated carbocycles. The fraction of sp³-hybridized carbons (Fsp3) is 0. The van der Waals surface area contributed by atoms with Gasteiger partial charge in [0.1, 0.15) is 15.0 Å². The Morgan fingerprint density at radius 1 is 1.16 bits per heavy atom. The van der Waals surface area contributed by atoms with Crippen molar-refractivity contribution in [2.24, 2.45) is 5.84 Å². The lowest BCUT2D eigenvalue weighted by Crippen LogP contribution is -2.09. The Morgan fingerprint density at radius 2 is 2.05 bits per heavy atom. The molecule has 4 aromatic rings. The average molecular weight is 268 g/mol. The van der Waals surface area contributed by atoms with Crippen LogP contribution in [0.1, 0.15) is 0 Å². The van der Waals surface area contributed by atoms with Crippen LogP contribution in [0.15, 0.2) is 30.3 Å². The molecule has 0 fully saturated rings. The number of rotatable bonds is 1. The summed E-state index contributed by atoms with van der Waals surface area (Å²) in [5, 5.41) is 13.8. The van der Waals surface area contributed by atoms with Crippen LogP contribution in [-0.4, -0.2) is 20.4 Å². The molecule has 6 nitrogen and oxygen atoms in total. The van der Waals surface area contributed by atoms with Crippen LogP contribution >= 0.6 is 11.3 Å². The smallest absolute Gasteiger partial charge is 0.184 e. The van der Waals surface area contributed by atoms with Crippen LogP contribution in [0.25, 0.3) is 31.3 Å². The van der Waals surface area contributed by atoms with E-state index in [9.17, 15) is 0 Å². The molecule has 0 unspecified atom stereocenters. The Hall–Kier alpha value is -2.38. The van der Waals surface area contributed by atoms with Crippen LogP contribution in [0.5, 0.6) is 0 Å². The summed E-state index contributed by atoms with van der Waals surface area (Å²) in [6.07, 6.45) is 0. The number of hydrazine groups is 1. The van der Waals surface area contributed by atoms with Gasteiger partial charge in [-0.25, -0.2) is 10.8 Å². The zero-order valence-corrected chi connectivity index (χ0v) is 10.5. The minimum Gasteiger partial charge on any atom is -0.306 e. The molecule has 0 spiro atoms. The normalized spacial score (nSPS) is 11.4. The number of pyridine rings is 1. The van der Waals surface area contributed by atoms with E-state index >= 15 is 0 Å². The highest BCUT2D eigenvalue weighted by Crippen LogP contribution is 2.35. The van der Waals surface area contributed by atoms with Gasteiger partial charge in [0.15, 0.2) is 5.82 Å². The third-order valence-corrected chi connectivity index (χ3v) is 4.09. The largest absolute Gasteiger partial charge is 0.306 e. The van der Waals surface area contributed by atoms with Crippen LogP contribution < -0.4 is 11.3 Å². The van der Waals surface area contributed by atoms with Gasteiger partial charge < -0.3 is 5.43 Å². The minimum absolute atomic E-state index is 0.525. The van der Waals surface area contributed by atoms with Crippen molar-refractivity contribution in [2.45, 2.75) is 0 Å². The molecular weight excluding hydrogens is 260 g/mol. The van der Waals surface area contributed by atoms with Crippen molar-refractivity contribution in [2.75, 3.05) is 5.43 Å². The number of hydrogen-bond acceptors (Lipinski definition) is 7. The quantitative estimate of drug-likeness (QED) is 0.406. The molecule has 0 atom stereocenters. The number of aromatic nitrogens is 4. The van der Waals surface area contributed by atoms with Crippen LogP contribution in [0, 0.1) is 0 Å². The lowest BCUT2D eigenvalue weighted by Gasteiger charge is -1.97. The number of hydrogen-bond donors (Lipinski definition) is 2. The number of fused-ring (bicyclic) bond motifs is 4. The second-order valence-corrected chi connectivity index (χ2v) is 5.10. The van der Waals surface area contributed by atoms with E-state index in [1.165, 1.54) is 11.3 Å². The van der Waals surface area contributed by atoms with Crippen LogP contribution in [0.3, 0.4) is 0 Å². The molecule has 0 aliphatic carbocycles. The van der Waals surface area contributed by atoms with Gasteiger partial charge in [-0.3, -0.25) is 0 Å². The molecule has 0 aliphatic rings. The molecule has 0 saturated heterocycles. The molecule has 0 aliphatic heterocycles. The maximum Gasteiger partial charge on any atom is 0.184 e. The van der Waals surface area contributed by atoms with Gasteiger partial charge in [0.05, 0.1) is 5.52 Å². The number of thiophene rings is 1. The van der Waals surface area contributed by atoms with Crippen molar-refractivity contribution in [1.82, 2.24) is 20.4 Å². The van der Waals surface area contributed by atoms with Gasteiger partial charge in [-0.15, -0.1) is 21.5 Å². The first-order valence-corrected chi connectivity index (χ1v) is 6.46. The summed E-state index contributed by atoms with van der Waals surface area (Å²) < 4.78 is 0.871. The fourth-order valence-electron chi connectivity index (χ4n) is 2.12. The van der Waals surface area contributed by atoms with E-state index in [4.69, 9.17) is 5.84 Å². The summed E-state index contributed by atoms with van der Waals surface area (Å²) >= 11 is 1.51. The number of benzene rings is 1. The standard InChI is InChI=1S/C12H8N6S/c13-15-11-10-9(16-18-17-11)7-5-6-3-1-2-4-8(6)14-12(7)19-10/h1-5H,13H2,(H,15,16,17). The summed E-state index contributed by atoms with van der Waals surface area (Å²) in [6, 6.07) is 10.1. The Kier molecular flexibility index (Phi) is 2.11. The first-order valence-electron chi connectivity index (χ1n) is 5.65. The average Bonchev–Trinajstić information content (AvgIpc) is 2.82. The lowest BCUT2D eigenvalue weighted by molar-refractivity contribution is 0.899. The van der Waals surface area contributed by atoms with E-state index in [0.717, 1.165) is 31.3 Å². The SMILES string of the molecule is NNc1nnnc2c1sc1nc3ccccc3cc12. The molecule has 1 aromatic carbocycles. The molecule has 3 heterocycles. The maximum atomic E-state index is 5.44. The van der Waals surface area contributed by atoms with E-state index in [-0.39, 0.29) is 0 Å². The number of nitrogens with zero attached hydrogens (tertiary/aromatic N) is 4. The Labute approximate surface area is 111 Å². The number of nitrogen functional groups attached to an aromatic ring is 1. The van der Waals surface area contributed by atoms with Crippen LogP contribution in [0.4, 0.5) is 5.82 Å². The first-order chi connectivity index (χ1) is 9.36. The zero-order valence-electron chi connectivity index (χ0n) is 9.66. The van der Waals surface area contributed by atoms with Crippen molar-refractivity contribution in [3.63, 3.8) is 0 Å². The predicted molar refractivity (Wildman–Crippen MR) is 75.8 cm³/mol. The van der Waals surface area contributed by atoms with Gasteiger partial charge in [-0.1, -0.05) is 18.2 Å². The predicted octanol–water partition coefficient (Wildman–Crippen LogP) is 2.07. The summed E-state index contributed by atoms with van der Waals surface area (Å²) in [6.45, 7) is 0. The Morgan fingerprint density at radius 3 is 2.95 bits per heavy atom. The topological polar surface area (TPSA) is 89.6 Å². The highest BCUT2D eigenvalue weighted by molar-refractivity contribution is 7.26. The fourth-order valence-corrected chi connectivity index (χ4v) is 3.17. The van der Waals surface area contributed by atoms with Crippen LogP contribution in [-0.2, 0) is 0 Å². The van der Waals surface area contributed by atoms with Crippen molar-refractivity contribution in [3.8, 4) is 0 Å². The summed E-state index contributed by atoms with van der Waals surface area (Å²) in [5.74, 6) is 5.97. The van der Waals surface area contributed by atoms with Gasteiger partial charge in [0.25, 0.3) is 0 Å². The van der Waals surface area contributed by atoms with Crippen molar-refractivity contribution in [3.05, 3.63) is 30.3 Å².